The van der Waals surface area contributed by atoms with E-state index in [0.717, 1.165) is 11.4 Å². The molecule has 3 rings (SSSR count). The Balaban J connectivity index is 2.04. The van der Waals surface area contributed by atoms with Gasteiger partial charge in [-0.25, -0.2) is 0 Å². The van der Waals surface area contributed by atoms with Crippen molar-refractivity contribution in [3.05, 3.63) is 70.8 Å². The molecule has 1 heteroatoms. The van der Waals surface area contributed by atoms with E-state index in [9.17, 15) is 0 Å². The monoisotopic (exact) mass is 242 g/mol. The summed E-state index contributed by atoms with van der Waals surface area (Å²) in [7, 11) is 0. The van der Waals surface area contributed by atoms with E-state index >= 15 is 0 Å². The molecule has 0 nitrogen and oxygen atoms in total. The topological polar surface area (TPSA) is 0 Å². The van der Waals surface area contributed by atoms with Crippen molar-refractivity contribution in [1.29, 1.82) is 0 Å². The third-order valence-corrected chi connectivity index (χ3v) is 3.73. The van der Waals surface area contributed by atoms with Gasteiger partial charge in [0.05, 0.1) is 0 Å². The first-order valence-corrected chi connectivity index (χ1v) is 6.47. The van der Waals surface area contributed by atoms with Crippen LogP contribution in [0.2, 0.25) is 5.02 Å². The van der Waals surface area contributed by atoms with Crippen LogP contribution in [-0.2, 0) is 5.41 Å². The molecule has 1 aromatic carbocycles. The van der Waals surface area contributed by atoms with Crippen molar-refractivity contribution >= 4 is 11.6 Å². The van der Waals surface area contributed by atoms with E-state index in [0.29, 0.717) is 0 Å². The van der Waals surface area contributed by atoms with Gasteiger partial charge in [-0.15, -0.1) is 0 Å². The molecule has 0 spiro atoms. The summed E-state index contributed by atoms with van der Waals surface area (Å²) in [5.41, 5.74) is 2.98. The van der Waals surface area contributed by atoms with Crippen molar-refractivity contribution in [3.8, 4) is 0 Å². The SMILES string of the molecule is Clc1ccc(C2(C=C3CC3)C=CC=CC2)cc1. The number of benzene rings is 1. The van der Waals surface area contributed by atoms with Crippen LogP contribution in [0.5, 0.6) is 0 Å². The van der Waals surface area contributed by atoms with Gasteiger partial charge in [-0.2, -0.15) is 0 Å². The minimum atomic E-state index is 0.0607. The van der Waals surface area contributed by atoms with Gasteiger partial charge in [0.2, 0.25) is 0 Å². The number of hydrogen-bond donors (Lipinski definition) is 0. The van der Waals surface area contributed by atoms with Crippen LogP contribution in [0.3, 0.4) is 0 Å². The Hall–Kier alpha value is -1.27. The second kappa shape index (κ2) is 4.19. The second-order valence-corrected chi connectivity index (χ2v) is 5.28. The fraction of sp³-hybridized carbons (Fsp3) is 0.250. The van der Waals surface area contributed by atoms with Gasteiger partial charge in [0.25, 0.3) is 0 Å². The molecule has 0 aromatic heterocycles. The van der Waals surface area contributed by atoms with Gasteiger partial charge in [0.1, 0.15) is 0 Å². The number of allylic oxidation sites excluding steroid dienone is 6. The summed E-state index contributed by atoms with van der Waals surface area (Å²) in [6, 6.07) is 8.25. The maximum absolute atomic E-state index is 5.97. The van der Waals surface area contributed by atoms with Crippen LogP contribution in [0.1, 0.15) is 24.8 Å². The van der Waals surface area contributed by atoms with Crippen molar-refractivity contribution in [2.75, 3.05) is 0 Å². The van der Waals surface area contributed by atoms with E-state index in [1.807, 2.05) is 12.1 Å². The summed E-state index contributed by atoms with van der Waals surface area (Å²) in [6.07, 6.45) is 14.9. The molecular formula is C16H15Cl. The summed E-state index contributed by atoms with van der Waals surface area (Å²) in [6.45, 7) is 0. The summed E-state index contributed by atoms with van der Waals surface area (Å²) in [5.74, 6) is 0. The summed E-state index contributed by atoms with van der Waals surface area (Å²) in [5, 5.41) is 0.804. The fourth-order valence-electron chi connectivity index (χ4n) is 2.38. The molecule has 86 valence electrons. The minimum absolute atomic E-state index is 0.0607. The van der Waals surface area contributed by atoms with Crippen LogP contribution in [0, 0.1) is 0 Å². The standard InChI is InChI=1S/C16H15Cl/c17-15-8-6-14(7-9-15)16(12-13-4-5-13)10-2-1-3-11-16/h1-3,6-10,12H,4-5,11H2. The van der Waals surface area contributed by atoms with Crippen molar-refractivity contribution in [1.82, 2.24) is 0 Å². The third kappa shape index (κ3) is 2.23. The highest BCUT2D eigenvalue weighted by atomic mass is 35.5. The Labute approximate surface area is 107 Å². The van der Waals surface area contributed by atoms with E-state index < -0.39 is 0 Å². The largest absolute Gasteiger partial charge is 0.0843 e. The number of rotatable bonds is 2. The van der Waals surface area contributed by atoms with Gasteiger partial charge in [0.15, 0.2) is 0 Å². The summed E-state index contributed by atoms with van der Waals surface area (Å²) < 4.78 is 0. The molecule has 0 bridgehead atoms. The fourth-order valence-corrected chi connectivity index (χ4v) is 2.51. The van der Waals surface area contributed by atoms with Crippen LogP contribution >= 0.6 is 11.6 Å². The Morgan fingerprint density at radius 1 is 1.06 bits per heavy atom. The number of halogens is 1. The molecule has 1 aromatic rings. The summed E-state index contributed by atoms with van der Waals surface area (Å²) >= 11 is 5.97. The molecule has 2 aliphatic rings. The highest BCUT2D eigenvalue weighted by Crippen LogP contribution is 2.40. The van der Waals surface area contributed by atoms with Crippen LogP contribution < -0.4 is 0 Å². The van der Waals surface area contributed by atoms with Gasteiger partial charge in [0, 0.05) is 10.4 Å². The van der Waals surface area contributed by atoms with Crippen molar-refractivity contribution in [3.63, 3.8) is 0 Å². The lowest BCUT2D eigenvalue weighted by atomic mass is 9.75. The van der Waals surface area contributed by atoms with Crippen molar-refractivity contribution in [2.45, 2.75) is 24.7 Å². The average Bonchev–Trinajstić information content (AvgIpc) is 3.15. The van der Waals surface area contributed by atoms with Crippen LogP contribution in [-0.4, -0.2) is 0 Å². The van der Waals surface area contributed by atoms with Gasteiger partial charge >= 0.3 is 0 Å². The molecule has 0 aliphatic heterocycles. The Morgan fingerprint density at radius 3 is 2.41 bits per heavy atom. The maximum Gasteiger partial charge on any atom is 0.0406 e. The lowest BCUT2D eigenvalue weighted by Gasteiger charge is -2.28. The van der Waals surface area contributed by atoms with E-state index in [1.165, 1.54) is 18.4 Å². The quantitative estimate of drug-likeness (QED) is 0.653. The minimum Gasteiger partial charge on any atom is -0.0843 e. The predicted molar refractivity (Wildman–Crippen MR) is 73.3 cm³/mol. The third-order valence-electron chi connectivity index (χ3n) is 3.48. The van der Waals surface area contributed by atoms with E-state index in [2.05, 4.69) is 42.5 Å². The predicted octanol–water partition coefficient (Wildman–Crippen LogP) is 4.81. The van der Waals surface area contributed by atoms with Gasteiger partial charge in [-0.05, 0) is 37.0 Å². The molecule has 0 N–H and O–H groups in total. The molecule has 0 heterocycles. The highest BCUT2D eigenvalue weighted by Gasteiger charge is 2.29. The zero-order chi connectivity index (χ0) is 11.7. The highest BCUT2D eigenvalue weighted by molar-refractivity contribution is 6.30. The van der Waals surface area contributed by atoms with Crippen molar-refractivity contribution < 1.29 is 0 Å². The molecule has 2 aliphatic carbocycles. The lowest BCUT2D eigenvalue weighted by molar-refractivity contribution is 0.673. The molecule has 0 radical (unpaired) electrons. The Bertz CT molecular complexity index is 499. The number of hydrogen-bond acceptors (Lipinski definition) is 0. The normalized spacial score (nSPS) is 26.1. The smallest absolute Gasteiger partial charge is 0.0406 e. The van der Waals surface area contributed by atoms with Gasteiger partial charge in [-0.3, -0.25) is 0 Å². The maximum atomic E-state index is 5.97. The van der Waals surface area contributed by atoms with Crippen molar-refractivity contribution in [2.24, 2.45) is 0 Å². The molecule has 1 saturated carbocycles. The molecule has 17 heavy (non-hydrogen) atoms. The van der Waals surface area contributed by atoms with E-state index in [-0.39, 0.29) is 5.41 Å². The Kier molecular flexibility index (Phi) is 2.68. The molecular weight excluding hydrogens is 228 g/mol. The van der Waals surface area contributed by atoms with Gasteiger partial charge < -0.3 is 0 Å². The first kappa shape index (κ1) is 10.9. The first-order valence-electron chi connectivity index (χ1n) is 6.10. The van der Waals surface area contributed by atoms with Crippen LogP contribution in [0.15, 0.2) is 60.2 Å². The van der Waals surface area contributed by atoms with Crippen LogP contribution in [0.4, 0.5) is 0 Å². The second-order valence-electron chi connectivity index (χ2n) is 4.84. The Morgan fingerprint density at radius 2 is 1.82 bits per heavy atom. The molecule has 1 fully saturated rings. The van der Waals surface area contributed by atoms with E-state index in [1.54, 1.807) is 5.57 Å². The van der Waals surface area contributed by atoms with Crippen LogP contribution in [0.25, 0.3) is 0 Å². The first-order chi connectivity index (χ1) is 8.28. The zero-order valence-electron chi connectivity index (χ0n) is 9.70. The van der Waals surface area contributed by atoms with E-state index in [4.69, 9.17) is 11.6 Å². The molecule has 0 saturated heterocycles. The lowest BCUT2D eigenvalue weighted by Crippen LogP contribution is -2.21. The summed E-state index contributed by atoms with van der Waals surface area (Å²) in [4.78, 5) is 0. The molecule has 1 atom stereocenters. The molecule has 1 unspecified atom stereocenters. The zero-order valence-corrected chi connectivity index (χ0v) is 10.5. The molecule has 0 amide bonds. The van der Waals surface area contributed by atoms with Gasteiger partial charge in [-0.1, -0.05) is 59.7 Å². The average molecular weight is 243 g/mol.